The molecule has 376 valence electrons. The molecule has 0 bridgehead atoms. The third-order valence-electron chi connectivity index (χ3n) is 16.0. The van der Waals surface area contributed by atoms with E-state index in [1.807, 2.05) is 23.0 Å². The van der Waals surface area contributed by atoms with Crippen LogP contribution in [-0.2, 0) is 12.8 Å². The summed E-state index contributed by atoms with van der Waals surface area (Å²) in [6, 6.07) is -1.10. The van der Waals surface area contributed by atoms with E-state index in [1.165, 1.54) is 9.59 Å². The number of aromatic nitrogens is 14. The quantitative estimate of drug-likeness (QED) is 0.0896. The normalized spacial score (nSPS) is 30.6. The van der Waals surface area contributed by atoms with Gasteiger partial charge in [-0.15, -0.1) is 0 Å². The van der Waals surface area contributed by atoms with Gasteiger partial charge in [0.15, 0.2) is 34.0 Å². The summed E-state index contributed by atoms with van der Waals surface area (Å²) in [5, 5.41) is 71.2. The molecule has 1 unspecified atom stereocenters. The molecule has 5 aliphatic rings. The fourth-order valence-electron chi connectivity index (χ4n) is 11.5. The first-order valence-corrected chi connectivity index (χ1v) is 25.2. The van der Waals surface area contributed by atoms with Gasteiger partial charge in [-0.3, -0.25) is 0 Å². The van der Waals surface area contributed by atoms with Crippen LogP contribution in [0, 0.1) is 0 Å². The number of rotatable bonds is 14. The van der Waals surface area contributed by atoms with E-state index in [1.54, 1.807) is 25.0 Å². The summed E-state index contributed by atoms with van der Waals surface area (Å²) in [6.45, 7) is 7.22. The minimum absolute atomic E-state index is 0.0952. The van der Waals surface area contributed by atoms with Gasteiger partial charge in [0.1, 0.15) is 36.5 Å². The average molecular weight is 965 g/mol. The van der Waals surface area contributed by atoms with Gasteiger partial charge in [0.05, 0.1) is 48.5 Å². The molecule has 10 atom stereocenters. The first-order chi connectivity index (χ1) is 33.8. The molecule has 5 fully saturated rings. The summed E-state index contributed by atoms with van der Waals surface area (Å²) in [7, 11) is 8.41. The second kappa shape index (κ2) is 18.8. The molecule has 8 heterocycles. The lowest BCUT2D eigenvalue weighted by molar-refractivity contribution is 0.00497. The third kappa shape index (κ3) is 8.48. The Hall–Kier alpha value is -5.66. The standard InChI is InChI=1S/C46H68N20O4/c1-7-25-19-49-65(57-25)33-17-31(37(67)39(33)69)63-23-47-35-41(53-45(55-43(35)63)61-15-13-29(21-61)59(3)4)51-27-9-11-28(12-10-27)52-42-36-44(56-46(54-42)62-16-14-30(22-62)60(5)6)64(24-48-36)32-18-34(40(70)38(32)68)66-50-20-26(8-2)58-66/h19-20,23-24,27-34,37-40,67-70H,7-18,21-22H2,1-6H3,(H,51,53,55)(H,52,54,56)/t27-,28-,29-,30?,31-,32-,33+,34+,37+,38+,39-,40-/m1/s1. The molecule has 6 N–H and O–H groups in total. The van der Waals surface area contributed by atoms with E-state index in [4.69, 9.17) is 29.9 Å². The molecule has 0 amide bonds. The van der Waals surface area contributed by atoms with E-state index in [9.17, 15) is 20.4 Å². The van der Waals surface area contributed by atoms with Crippen LogP contribution in [0.15, 0.2) is 25.0 Å². The smallest absolute Gasteiger partial charge is 0.229 e. The average Bonchev–Trinajstić information content (AvgIpc) is 4.22. The first kappa shape index (κ1) is 46.7. The Morgan fingerprint density at radius 3 is 1.31 bits per heavy atom. The topological polar surface area (TPSA) is 267 Å². The highest BCUT2D eigenvalue weighted by Crippen LogP contribution is 2.42. The van der Waals surface area contributed by atoms with Crippen molar-refractivity contribution in [3.63, 3.8) is 0 Å². The Kier molecular flexibility index (Phi) is 12.6. The number of hydrogen-bond donors (Lipinski definition) is 6. The van der Waals surface area contributed by atoms with Gasteiger partial charge in [0.2, 0.25) is 11.9 Å². The van der Waals surface area contributed by atoms with Crippen LogP contribution in [0.5, 0.6) is 0 Å². The molecule has 0 spiro atoms. The zero-order valence-electron chi connectivity index (χ0n) is 41.0. The fraction of sp³-hybridized carbons (Fsp3) is 0.696. The van der Waals surface area contributed by atoms with E-state index >= 15 is 0 Å². The van der Waals surface area contributed by atoms with Crippen molar-refractivity contribution in [2.24, 2.45) is 0 Å². The zero-order valence-corrected chi connectivity index (χ0v) is 41.0. The molecule has 6 aromatic rings. The highest BCUT2D eigenvalue weighted by Gasteiger charge is 2.47. The number of likely N-dealkylation sites (N-methyl/N-ethyl adjacent to an activating group) is 2. The van der Waals surface area contributed by atoms with Crippen molar-refractivity contribution < 1.29 is 20.4 Å². The molecular formula is C46H68N20O4. The van der Waals surface area contributed by atoms with Crippen LogP contribution in [0.3, 0.4) is 0 Å². The lowest BCUT2D eigenvalue weighted by Gasteiger charge is -2.31. The molecule has 24 nitrogen and oxygen atoms in total. The monoisotopic (exact) mass is 965 g/mol. The van der Waals surface area contributed by atoms with Crippen LogP contribution < -0.4 is 20.4 Å². The van der Waals surface area contributed by atoms with Crippen molar-refractivity contribution in [1.82, 2.24) is 78.8 Å². The van der Waals surface area contributed by atoms with Gasteiger partial charge in [-0.1, -0.05) is 13.8 Å². The number of nitrogens with zero attached hydrogens (tertiary/aromatic N) is 18. The van der Waals surface area contributed by atoms with Crippen LogP contribution >= 0.6 is 0 Å². The number of aryl methyl sites for hydroxylation is 2. The van der Waals surface area contributed by atoms with Crippen LogP contribution in [0.4, 0.5) is 23.5 Å². The minimum atomic E-state index is -1.08. The molecule has 0 radical (unpaired) electrons. The number of imidazole rings is 2. The van der Waals surface area contributed by atoms with Crippen molar-refractivity contribution in [3.05, 3.63) is 36.4 Å². The maximum Gasteiger partial charge on any atom is 0.229 e. The first-order valence-electron chi connectivity index (χ1n) is 25.2. The molecule has 2 saturated heterocycles. The van der Waals surface area contributed by atoms with E-state index < -0.39 is 48.6 Å². The zero-order chi connectivity index (χ0) is 48.5. The summed E-state index contributed by atoms with van der Waals surface area (Å²) in [5.41, 5.74) is 4.10. The SMILES string of the molecule is CCc1cnn([C@H]2C[C@@H](n3cnc4c(N[C@H]5CC[C@H](Nc6nc(N7CC[C@@H](N(C)C)C7)nc7c6ncn7[C@@H]6C[C@H](n7ncc(CC)n7)[C@@H](O)[C@H]6O)CC5)nc(N5CCC(N(C)C)C5)nc43)[C@H](O)[C@@H]2O)n1. The minimum Gasteiger partial charge on any atom is -0.388 e. The molecule has 2 aliphatic heterocycles. The van der Waals surface area contributed by atoms with Crippen molar-refractivity contribution in [2.45, 2.75) is 151 Å². The lowest BCUT2D eigenvalue weighted by Crippen LogP contribution is -2.34. The Bertz CT molecular complexity index is 2590. The Morgan fingerprint density at radius 1 is 0.557 bits per heavy atom. The van der Waals surface area contributed by atoms with Crippen molar-refractivity contribution >= 4 is 45.9 Å². The van der Waals surface area contributed by atoms with Crippen LogP contribution in [0.2, 0.25) is 0 Å². The second-order valence-corrected chi connectivity index (χ2v) is 20.7. The summed E-state index contributed by atoms with van der Waals surface area (Å²) in [6.07, 6.45) is 10.2. The maximum absolute atomic E-state index is 11.5. The molecule has 0 aromatic carbocycles. The Morgan fingerprint density at radius 2 is 0.957 bits per heavy atom. The molecule has 24 heteroatoms. The van der Waals surface area contributed by atoms with E-state index in [0.29, 0.717) is 70.8 Å². The molecule has 70 heavy (non-hydrogen) atoms. The van der Waals surface area contributed by atoms with Gasteiger partial charge in [-0.25, -0.2) is 9.97 Å². The highest BCUT2D eigenvalue weighted by molar-refractivity contribution is 5.86. The Balaban J connectivity index is 0.843. The third-order valence-corrected chi connectivity index (χ3v) is 16.0. The largest absolute Gasteiger partial charge is 0.388 e. The molecular weight excluding hydrogens is 897 g/mol. The van der Waals surface area contributed by atoms with Gasteiger partial charge in [0, 0.05) is 50.3 Å². The molecule has 6 aromatic heterocycles. The van der Waals surface area contributed by atoms with Crippen molar-refractivity contribution in [2.75, 3.05) is 74.8 Å². The van der Waals surface area contributed by atoms with Gasteiger partial charge >= 0.3 is 0 Å². The molecule has 11 rings (SSSR count). The number of fused-ring (bicyclic) bond motifs is 2. The van der Waals surface area contributed by atoms with Gasteiger partial charge in [0.25, 0.3) is 0 Å². The number of hydrogen-bond acceptors (Lipinski definition) is 20. The number of aliphatic hydroxyl groups is 4. The van der Waals surface area contributed by atoms with E-state index in [-0.39, 0.29) is 12.1 Å². The number of nitrogens with one attached hydrogen (secondary N) is 2. The Labute approximate surface area is 406 Å². The van der Waals surface area contributed by atoms with Crippen LogP contribution in [-0.4, -0.2) is 202 Å². The summed E-state index contributed by atoms with van der Waals surface area (Å²) in [5.74, 6) is 2.52. The lowest BCUT2D eigenvalue weighted by atomic mass is 9.91. The predicted molar refractivity (Wildman–Crippen MR) is 261 cm³/mol. The van der Waals surface area contributed by atoms with Crippen molar-refractivity contribution in [3.8, 4) is 0 Å². The van der Waals surface area contributed by atoms with Crippen LogP contribution in [0.25, 0.3) is 22.3 Å². The van der Waals surface area contributed by atoms with Gasteiger partial charge < -0.3 is 59.8 Å². The van der Waals surface area contributed by atoms with E-state index in [2.05, 4.69) is 78.8 Å². The number of aliphatic hydroxyl groups excluding tert-OH is 4. The predicted octanol–water partition coefficient (Wildman–Crippen LogP) is 1.21. The molecule has 3 aliphatic carbocycles. The van der Waals surface area contributed by atoms with Gasteiger partial charge in [-0.05, 0) is 92.4 Å². The van der Waals surface area contributed by atoms with E-state index in [0.717, 1.165) is 88.9 Å². The fourth-order valence-corrected chi connectivity index (χ4v) is 11.5. The summed E-state index contributed by atoms with van der Waals surface area (Å²) < 4.78 is 3.80. The van der Waals surface area contributed by atoms with Crippen LogP contribution in [0.1, 0.15) is 101 Å². The summed E-state index contributed by atoms with van der Waals surface area (Å²) in [4.78, 5) is 42.3. The highest BCUT2D eigenvalue weighted by atomic mass is 16.3. The second-order valence-electron chi connectivity index (χ2n) is 20.7. The maximum atomic E-state index is 11.5. The van der Waals surface area contributed by atoms with Crippen molar-refractivity contribution in [1.29, 1.82) is 0 Å². The van der Waals surface area contributed by atoms with Gasteiger partial charge in [-0.2, -0.15) is 49.9 Å². The summed E-state index contributed by atoms with van der Waals surface area (Å²) >= 11 is 0. The molecule has 3 saturated carbocycles. The number of anilines is 4.